The van der Waals surface area contributed by atoms with Gasteiger partial charge in [0.1, 0.15) is 17.1 Å². The molecule has 0 aliphatic heterocycles. The molecule has 76 valence electrons. The molecule has 1 amide bonds. The third-order valence-corrected chi connectivity index (χ3v) is 1.99. The van der Waals surface area contributed by atoms with E-state index in [1.165, 1.54) is 13.2 Å². The van der Waals surface area contributed by atoms with E-state index >= 15 is 0 Å². The summed E-state index contributed by atoms with van der Waals surface area (Å²) in [5.41, 5.74) is 5.60. The minimum absolute atomic E-state index is 0.189. The quantitative estimate of drug-likeness (QED) is 0.798. The molecular formula is C10H12FNO2. The Morgan fingerprint density at radius 3 is 2.64 bits per heavy atom. The smallest absolute Gasteiger partial charge is 0.255 e. The van der Waals surface area contributed by atoms with E-state index in [9.17, 15) is 9.18 Å². The molecule has 0 heterocycles. The molecule has 1 aromatic carbocycles. The monoisotopic (exact) mass is 197 g/mol. The van der Waals surface area contributed by atoms with Gasteiger partial charge >= 0.3 is 0 Å². The van der Waals surface area contributed by atoms with Crippen LogP contribution in [0.1, 0.15) is 22.8 Å². The van der Waals surface area contributed by atoms with Gasteiger partial charge in [-0.05, 0) is 24.1 Å². The summed E-state index contributed by atoms with van der Waals surface area (Å²) in [4.78, 5) is 10.9. The Hall–Kier alpha value is -1.58. The molecule has 2 N–H and O–H groups in total. The maximum absolute atomic E-state index is 13.4. The summed E-state index contributed by atoms with van der Waals surface area (Å²) in [5.74, 6) is -1.26. The molecule has 0 aromatic heterocycles. The fraction of sp³-hybridized carbons (Fsp3) is 0.300. The lowest BCUT2D eigenvalue weighted by Crippen LogP contribution is -2.15. The molecule has 4 heteroatoms. The topological polar surface area (TPSA) is 52.3 Å². The van der Waals surface area contributed by atoms with Gasteiger partial charge in [0, 0.05) is 0 Å². The molecule has 0 bridgehead atoms. The molecular weight excluding hydrogens is 185 g/mol. The van der Waals surface area contributed by atoms with Crippen LogP contribution in [0.5, 0.6) is 5.75 Å². The summed E-state index contributed by atoms with van der Waals surface area (Å²) in [7, 11) is 1.38. The second kappa shape index (κ2) is 4.09. The number of nitrogens with two attached hydrogens (primary N) is 1. The molecule has 14 heavy (non-hydrogen) atoms. The zero-order chi connectivity index (χ0) is 10.7. The summed E-state index contributed by atoms with van der Waals surface area (Å²) in [6, 6.07) is 2.91. The van der Waals surface area contributed by atoms with Crippen LogP contribution in [0.15, 0.2) is 12.1 Å². The second-order valence-corrected chi connectivity index (χ2v) is 2.87. The van der Waals surface area contributed by atoms with Crippen LogP contribution in [0.2, 0.25) is 0 Å². The highest BCUT2D eigenvalue weighted by Crippen LogP contribution is 2.23. The van der Waals surface area contributed by atoms with Gasteiger partial charge in [0.25, 0.3) is 5.91 Å². The molecule has 0 atom stereocenters. The van der Waals surface area contributed by atoms with Crippen molar-refractivity contribution in [3.8, 4) is 5.75 Å². The molecule has 0 unspecified atom stereocenters. The van der Waals surface area contributed by atoms with E-state index in [4.69, 9.17) is 10.5 Å². The number of hydrogen-bond donors (Lipinski definition) is 1. The number of carbonyl (C=O) groups excluding carboxylic acids is 1. The van der Waals surface area contributed by atoms with Crippen LogP contribution in [0.4, 0.5) is 4.39 Å². The van der Waals surface area contributed by atoms with Crippen LogP contribution in [0.3, 0.4) is 0 Å². The fourth-order valence-corrected chi connectivity index (χ4v) is 1.24. The molecule has 0 spiro atoms. The Labute approximate surface area is 81.7 Å². The van der Waals surface area contributed by atoms with Crippen molar-refractivity contribution in [2.45, 2.75) is 13.3 Å². The molecule has 0 saturated carbocycles. The normalized spacial score (nSPS) is 9.93. The van der Waals surface area contributed by atoms with Crippen molar-refractivity contribution in [1.82, 2.24) is 0 Å². The molecule has 1 aromatic rings. The van der Waals surface area contributed by atoms with Gasteiger partial charge in [0.2, 0.25) is 0 Å². The zero-order valence-corrected chi connectivity index (χ0v) is 8.13. The Morgan fingerprint density at radius 1 is 1.57 bits per heavy atom. The Balaban J connectivity index is 3.34. The van der Waals surface area contributed by atoms with Gasteiger partial charge in [-0.1, -0.05) is 6.92 Å². The summed E-state index contributed by atoms with van der Waals surface area (Å²) >= 11 is 0. The van der Waals surface area contributed by atoms with Crippen molar-refractivity contribution in [2.24, 2.45) is 5.73 Å². The van der Waals surface area contributed by atoms with Crippen molar-refractivity contribution < 1.29 is 13.9 Å². The van der Waals surface area contributed by atoms with Gasteiger partial charge in [-0.15, -0.1) is 0 Å². The maximum Gasteiger partial charge on any atom is 0.255 e. The van der Waals surface area contributed by atoms with E-state index in [2.05, 4.69) is 0 Å². The van der Waals surface area contributed by atoms with E-state index in [0.717, 1.165) is 5.56 Å². The minimum atomic E-state index is -0.818. The van der Waals surface area contributed by atoms with Gasteiger partial charge in [-0.2, -0.15) is 0 Å². The number of amides is 1. The number of rotatable bonds is 3. The number of ether oxygens (including phenoxy) is 1. The van der Waals surface area contributed by atoms with Crippen molar-refractivity contribution in [3.63, 3.8) is 0 Å². The Kier molecular flexibility index (Phi) is 3.06. The molecule has 1 rings (SSSR count). The van der Waals surface area contributed by atoms with E-state index in [1.54, 1.807) is 6.07 Å². The molecule has 0 aliphatic rings. The summed E-state index contributed by atoms with van der Waals surface area (Å²) in [6.07, 6.45) is 0.673. The first-order valence-electron chi connectivity index (χ1n) is 4.26. The predicted octanol–water partition coefficient (Wildman–Crippen LogP) is 1.50. The first-order valence-corrected chi connectivity index (χ1v) is 4.26. The maximum atomic E-state index is 13.4. The van der Waals surface area contributed by atoms with Gasteiger partial charge in [-0.25, -0.2) is 4.39 Å². The number of hydrogen-bond acceptors (Lipinski definition) is 2. The number of halogens is 1. The SMILES string of the molecule is CCc1cc(F)c(C(N)=O)c(OC)c1. The minimum Gasteiger partial charge on any atom is -0.496 e. The van der Waals surface area contributed by atoms with E-state index in [-0.39, 0.29) is 11.3 Å². The molecule has 0 fully saturated rings. The highest BCUT2D eigenvalue weighted by atomic mass is 19.1. The van der Waals surface area contributed by atoms with Crippen LogP contribution in [-0.4, -0.2) is 13.0 Å². The third kappa shape index (κ3) is 1.84. The average Bonchev–Trinajstić information content (AvgIpc) is 2.15. The number of carbonyl (C=O) groups is 1. The summed E-state index contributed by atoms with van der Waals surface area (Å²) in [5, 5.41) is 0. The largest absolute Gasteiger partial charge is 0.496 e. The highest BCUT2D eigenvalue weighted by Gasteiger charge is 2.15. The van der Waals surface area contributed by atoms with Gasteiger partial charge in [0.15, 0.2) is 0 Å². The average molecular weight is 197 g/mol. The van der Waals surface area contributed by atoms with Crippen LogP contribution in [0.25, 0.3) is 0 Å². The highest BCUT2D eigenvalue weighted by molar-refractivity contribution is 5.96. The van der Waals surface area contributed by atoms with Crippen molar-refractivity contribution in [1.29, 1.82) is 0 Å². The van der Waals surface area contributed by atoms with Gasteiger partial charge in [0.05, 0.1) is 7.11 Å². The predicted molar refractivity (Wildman–Crippen MR) is 50.8 cm³/mol. The van der Waals surface area contributed by atoms with Crippen LogP contribution >= 0.6 is 0 Å². The second-order valence-electron chi connectivity index (χ2n) is 2.87. The molecule has 0 saturated heterocycles. The lowest BCUT2D eigenvalue weighted by Gasteiger charge is -2.08. The van der Waals surface area contributed by atoms with Crippen molar-refractivity contribution >= 4 is 5.91 Å². The number of primary amides is 1. The number of aryl methyl sites for hydroxylation is 1. The first kappa shape index (κ1) is 10.5. The van der Waals surface area contributed by atoms with Crippen LogP contribution in [-0.2, 0) is 6.42 Å². The molecule has 0 radical (unpaired) electrons. The summed E-state index contributed by atoms with van der Waals surface area (Å²) in [6.45, 7) is 1.89. The van der Waals surface area contributed by atoms with Gasteiger partial charge in [-0.3, -0.25) is 4.79 Å². The van der Waals surface area contributed by atoms with E-state index in [1.807, 2.05) is 6.92 Å². The first-order chi connectivity index (χ1) is 6.60. The summed E-state index contributed by atoms with van der Waals surface area (Å²) < 4.78 is 18.2. The van der Waals surface area contributed by atoms with Crippen molar-refractivity contribution in [2.75, 3.05) is 7.11 Å². The fourth-order valence-electron chi connectivity index (χ4n) is 1.24. The Morgan fingerprint density at radius 2 is 2.21 bits per heavy atom. The number of benzene rings is 1. The lowest BCUT2D eigenvalue weighted by atomic mass is 10.1. The van der Waals surface area contributed by atoms with Crippen LogP contribution in [0, 0.1) is 5.82 Å². The molecule has 3 nitrogen and oxygen atoms in total. The van der Waals surface area contributed by atoms with Gasteiger partial charge < -0.3 is 10.5 Å². The van der Waals surface area contributed by atoms with Crippen molar-refractivity contribution in [3.05, 3.63) is 29.1 Å². The molecule has 0 aliphatic carbocycles. The third-order valence-electron chi connectivity index (χ3n) is 1.99. The van der Waals surface area contributed by atoms with E-state index < -0.39 is 11.7 Å². The standard InChI is InChI=1S/C10H12FNO2/c1-3-6-4-7(11)9(10(12)13)8(5-6)14-2/h4-5H,3H2,1-2H3,(H2,12,13). The zero-order valence-electron chi connectivity index (χ0n) is 8.13. The number of methoxy groups -OCH3 is 1. The van der Waals surface area contributed by atoms with Crippen LogP contribution < -0.4 is 10.5 Å². The lowest BCUT2D eigenvalue weighted by molar-refractivity contribution is 0.0993. The Bertz CT molecular complexity index is 363. The van der Waals surface area contributed by atoms with E-state index in [0.29, 0.717) is 6.42 Å².